The quantitative estimate of drug-likeness (QED) is 0.738. The van der Waals surface area contributed by atoms with Crippen molar-refractivity contribution >= 4 is 12.0 Å². The van der Waals surface area contributed by atoms with Gasteiger partial charge in [0.1, 0.15) is 6.26 Å². The van der Waals surface area contributed by atoms with Crippen molar-refractivity contribution in [3.8, 4) is 0 Å². The summed E-state index contributed by atoms with van der Waals surface area (Å²) < 4.78 is 6.53. The standard InChI is InChI=1S/C8H9N5O3/c14-7(15)6-5-16-8(11-6)9-1-3-13-4-2-10-12-13/h2,4-5H,1,3H2,(H,9,11)(H,14,15). The molecule has 2 rings (SSSR count). The number of hydrogen-bond acceptors (Lipinski definition) is 6. The highest BCUT2D eigenvalue weighted by molar-refractivity contribution is 5.85. The molecule has 8 heteroatoms. The van der Waals surface area contributed by atoms with Gasteiger partial charge in [-0.15, -0.1) is 5.10 Å². The first kappa shape index (κ1) is 10.1. The minimum atomic E-state index is -1.12. The van der Waals surface area contributed by atoms with E-state index in [4.69, 9.17) is 9.52 Å². The number of aromatic nitrogens is 4. The molecule has 0 radical (unpaired) electrons. The summed E-state index contributed by atoms with van der Waals surface area (Å²) in [5, 5.41) is 18.8. The number of carbonyl (C=O) groups is 1. The van der Waals surface area contributed by atoms with Crippen LogP contribution in [0.2, 0.25) is 0 Å². The molecular weight excluding hydrogens is 214 g/mol. The summed E-state index contributed by atoms with van der Waals surface area (Å²) >= 11 is 0. The lowest BCUT2D eigenvalue weighted by atomic mass is 10.5. The molecule has 0 bridgehead atoms. The maximum Gasteiger partial charge on any atom is 0.357 e. The van der Waals surface area contributed by atoms with Gasteiger partial charge in [-0.1, -0.05) is 5.21 Å². The second-order valence-corrected chi connectivity index (χ2v) is 2.94. The molecule has 0 spiro atoms. The van der Waals surface area contributed by atoms with E-state index in [1.807, 2.05) is 0 Å². The molecule has 0 aliphatic heterocycles. The van der Waals surface area contributed by atoms with Gasteiger partial charge in [-0.05, 0) is 0 Å². The second-order valence-electron chi connectivity index (χ2n) is 2.94. The molecule has 2 aromatic heterocycles. The number of carboxylic acid groups (broad SMARTS) is 1. The highest BCUT2D eigenvalue weighted by Crippen LogP contribution is 2.06. The molecule has 84 valence electrons. The van der Waals surface area contributed by atoms with E-state index in [9.17, 15) is 4.79 Å². The van der Waals surface area contributed by atoms with Crippen LogP contribution in [0.1, 0.15) is 10.5 Å². The SMILES string of the molecule is O=C(O)c1coc(NCCn2ccnn2)n1. The topological polar surface area (TPSA) is 106 Å². The van der Waals surface area contributed by atoms with Gasteiger partial charge in [0.05, 0.1) is 12.7 Å². The van der Waals surface area contributed by atoms with E-state index in [1.54, 1.807) is 17.1 Å². The molecule has 0 saturated carbocycles. The molecule has 2 aromatic rings. The number of aromatic carboxylic acids is 1. The van der Waals surface area contributed by atoms with Crippen LogP contribution in [0.25, 0.3) is 0 Å². The van der Waals surface area contributed by atoms with Gasteiger partial charge in [0, 0.05) is 12.7 Å². The number of nitrogens with one attached hydrogen (secondary N) is 1. The number of nitrogens with zero attached hydrogens (tertiary/aromatic N) is 4. The van der Waals surface area contributed by atoms with Crippen molar-refractivity contribution in [1.82, 2.24) is 20.0 Å². The molecule has 0 aliphatic rings. The van der Waals surface area contributed by atoms with Crippen molar-refractivity contribution in [2.75, 3.05) is 11.9 Å². The van der Waals surface area contributed by atoms with Crippen molar-refractivity contribution in [2.24, 2.45) is 0 Å². The van der Waals surface area contributed by atoms with Crippen LogP contribution < -0.4 is 5.32 Å². The third-order valence-corrected chi connectivity index (χ3v) is 1.81. The molecule has 0 atom stereocenters. The molecule has 0 amide bonds. The van der Waals surface area contributed by atoms with Crippen LogP contribution >= 0.6 is 0 Å². The summed E-state index contributed by atoms with van der Waals surface area (Å²) in [5.41, 5.74) is -0.122. The number of carboxylic acids is 1. The van der Waals surface area contributed by atoms with Crippen molar-refractivity contribution in [3.63, 3.8) is 0 Å². The van der Waals surface area contributed by atoms with Gasteiger partial charge < -0.3 is 14.8 Å². The number of oxazole rings is 1. The Morgan fingerprint density at radius 1 is 1.62 bits per heavy atom. The van der Waals surface area contributed by atoms with Crippen LogP contribution in [0.15, 0.2) is 23.1 Å². The highest BCUT2D eigenvalue weighted by atomic mass is 16.4. The van der Waals surface area contributed by atoms with Gasteiger partial charge >= 0.3 is 5.97 Å². The Kier molecular flexibility index (Phi) is 2.81. The van der Waals surface area contributed by atoms with Crippen LogP contribution in [-0.4, -0.2) is 37.6 Å². The Labute approximate surface area is 89.9 Å². The van der Waals surface area contributed by atoms with E-state index in [-0.39, 0.29) is 11.7 Å². The van der Waals surface area contributed by atoms with E-state index >= 15 is 0 Å². The zero-order chi connectivity index (χ0) is 11.4. The average molecular weight is 223 g/mol. The van der Waals surface area contributed by atoms with Crippen molar-refractivity contribution in [1.29, 1.82) is 0 Å². The lowest BCUT2D eigenvalue weighted by Gasteiger charge is -2.00. The van der Waals surface area contributed by atoms with Gasteiger partial charge in [0.15, 0.2) is 5.69 Å². The molecule has 16 heavy (non-hydrogen) atoms. The van der Waals surface area contributed by atoms with Gasteiger partial charge in [-0.25, -0.2) is 4.79 Å². The zero-order valence-electron chi connectivity index (χ0n) is 8.20. The second kappa shape index (κ2) is 4.43. The van der Waals surface area contributed by atoms with Crippen LogP contribution in [-0.2, 0) is 6.54 Å². The Morgan fingerprint density at radius 2 is 2.50 bits per heavy atom. The summed E-state index contributed by atoms with van der Waals surface area (Å²) in [5.74, 6) is -1.12. The Hall–Kier alpha value is -2.38. The lowest BCUT2D eigenvalue weighted by molar-refractivity contribution is 0.0690. The molecule has 8 nitrogen and oxygen atoms in total. The molecule has 0 fully saturated rings. The number of rotatable bonds is 5. The Morgan fingerprint density at radius 3 is 3.12 bits per heavy atom. The summed E-state index contributed by atoms with van der Waals surface area (Å²) in [6.45, 7) is 1.10. The molecule has 0 aliphatic carbocycles. The van der Waals surface area contributed by atoms with Gasteiger partial charge in [-0.2, -0.15) is 4.98 Å². The largest absolute Gasteiger partial charge is 0.476 e. The molecule has 0 unspecified atom stereocenters. The Balaban J connectivity index is 1.83. The predicted molar refractivity (Wildman–Crippen MR) is 52.0 cm³/mol. The van der Waals surface area contributed by atoms with E-state index in [2.05, 4.69) is 20.6 Å². The van der Waals surface area contributed by atoms with E-state index in [0.717, 1.165) is 6.26 Å². The fraction of sp³-hybridized carbons (Fsp3) is 0.250. The van der Waals surface area contributed by atoms with E-state index in [0.29, 0.717) is 13.1 Å². The smallest absolute Gasteiger partial charge is 0.357 e. The fourth-order valence-electron chi connectivity index (χ4n) is 1.08. The third kappa shape index (κ3) is 2.35. The first-order chi connectivity index (χ1) is 7.75. The molecule has 2 N–H and O–H groups in total. The van der Waals surface area contributed by atoms with Gasteiger partial charge in [0.25, 0.3) is 6.01 Å². The fourth-order valence-corrected chi connectivity index (χ4v) is 1.08. The predicted octanol–water partition coefficient (Wildman–Crippen LogP) is 0.0764. The molecule has 0 saturated heterocycles. The maximum atomic E-state index is 10.5. The zero-order valence-corrected chi connectivity index (χ0v) is 8.20. The molecule has 0 aromatic carbocycles. The minimum Gasteiger partial charge on any atom is -0.476 e. The summed E-state index contributed by atoms with van der Waals surface area (Å²) in [6.07, 6.45) is 4.38. The number of anilines is 1. The first-order valence-corrected chi connectivity index (χ1v) is 4.52. The lowest BCUT2D eigenvalue weighted by Crippen LogP contribution is -2.11. The maximum absolute atomic E-state index is 10.5. The number of hydrogen-bond donors (Lipinski definition) is 2. The highest BCUT2D eigenvalue weighted by Gasteiger charge is 2.09. The summed E-state index contributed by atoms with van der Waals surface area (Å²) in [4.78, 5) is 14.2. The van der Waals surface area contributed by atoms with E-state index in [1.165, 1.54) is 0 Å². The third-order valence-electron chi connectivity index (χ3n) is 1.81. The summed E-state index contributed by atoms with van der Waals surface area (Å²) in [6, 6.07) is 0.178. The van der Waals surface area contributed by atoms with Gasteiger partial charge in [0.2, 0.25) is 0 Å². The minimum absolute atomic E-state index is 0.122. The Bertz CT molecular complexity index is 464. The van der Waals surface area contributed by atoms with E-state index < -0.39 is 5.97 Å². The average Bonchev–Trinajstić information content (AvgIpc) is 2.87. The van der Waals surface area contributed by atoms with Gasteiger partial charge in [-0.3, -0.25) is 4.68 Å². The van der Waals surface area contributed by atoms with Crippen molar-refractivity contribution < 1.29 is 14.3 Å². The monoisotopic (exact) mass is 223 g/mol. The summed E-state index contributed by atoms with van der Waals surface area (Å²) in [7, 11) is 0. The van der Waals surface area contributed by atoms with Crippen molar-refractivity contribution in [2.45, 2.75) is 6.54 Å². The van der Waals surface area contributed by atoms with Crippen LogP contribution in [0.3, 0.4) is 0 Å². The first-order valence-electron chi connectivity index (χ1n) is 4.52. The molecule has 2 heterocycles. The van der Waals surface area contributed by atoms with Crippen LogP contribution in [0, 0.1) is 0 Å². The van der Waals surface area contributed by atoms with Crippen LogP contribution in [0.5, 0.6) is 0 Å². The van der Waals surface area contributed by atoms with Crippen LogP contribution in [0.4, 0.5) is 6.01 Å². The molecular formula is C8H9N5O3. The van der Waals surface area contributed by atoms with Crippen molar-refractivity contribution in [3.05, 3.63) is 24.4 Å². The normalized spacial score (nSPS) is 10.2.